The normalized spacial score (nSPS) is 14.5. The third-order valence-electron chi connectivity index (χ3n) is 10.4. The molecule has 0 N–H and O–H groups in total. The van der Waals surface area contributed by atoms with E-state index < -0.39 is 8.72 Å². The fourth-order valence-electron chi connectivity index (χ4n) is 7.85. The molecule has 6 aromatic carbocycles. The summed E-state index contributed by atoms with van der Waals surface area (Å²) in [5.74, 6) is 0. The van der Waals surface area contributed by atoms with Crippen LogP contribution in [0.4, 0.5) is 45.5 Å². The van der Waals surface area contributed by atoms with Crippen LogP contribution >= 0.6 is 0 Å². The summed E-state index contributed by atoms with van der Waals surface area (Å²) in [7, 11) is -3.41. The second-order valence-electron chi connectivity index (χ2n) is 14.1. The first kappa shape index (κ1) is 31.0. The van der Waals surface area contributed by atoms with Gasteiger partial charge in [-0.1, -0.05) is 48.5 Å². The summed E-state index contributed by atoms with van der Waals surface area (Å²) >= 11 is 0. The Balaban J connectivity index is 1.62. The summed E-state index contributed by atoms with van der Waals surface area (Å²) < 4.78 is 10.9. The van der Waals surface area contributed by atoms with Gasteiger partial charge >= 0.3 is 8.72 Å². The molecule has 2 aliphatic heterocycles. The smallest absolute Gasteiger partial charge is 0.314 e. The molecule has 0 aromatic heterocycles. The van der Waals surface area contributed by atoms with E-state index in [1.807, 2.05) is 0 Å². The molecule has 5 heteroatoms. The van der Waals surface area contributed by atoms with E-state index >= 15 is 0 Å². The van der Waals surface area contributed by atoms with Gasteiger partial charge in [0.1, 0.15) is 0 Å². The summed E-state index contributed by atoms with van der Waals surface area (Å²) in [6.45, 7) is 17.8. The van der Waals surface area contributed by atoms with Crippen LogP contribution in [0.2, 0.25) is 0 Å². The molecule has 4 nitrogen and oxygen atoms in total. The zero-order valence-electron chi connectivity index (χ0n) is 29.8. The molecule has 0 bridgehead atoms. The zero-order valence-corrected chi connectivity index (χ0v) is 30.8. The average molecular weight is 657 g/mol. The SMILES string of the molecule is Cc1cccc(N2c3cc(C)c(C)cc3N(c3cccc(C)c3)[Si]23N(c2cccc(C)c2)c2cc(C)c(C)cc2N3c2cccc(C)c2)c1. The largest absolute Gasteiger partial charge is 0.521 e. The molecular weight excluding hydrogens is 613 g/mol. The minimum absolute atomic E-state index is 1.20. The number of hydrogen-bond acceptors (Lipinski definition) is 4. The highest BCUT2D eigenvalue weighted by atomic mass is 28.4. The number of aryl methyl sites for hydroxylation is 8. The third-order valence-corrected chi connectivity index (χ3v) is 14.8. The van der Waals surface area contributed by atoms with Gasteiger partial charge in [-0.2, -0.15) is 0 Å². The minimum atomic E-state index is -3.41. The van der Waals surface area contributed by atoms with Gasteiger partial charge in [0.15, 0.2) is 0 Å². The quantitative estimate of drug-likeness (QED) is 0.175. The highest BCUT2D eigenvalue weighted by molar-refractivity contribution is 6.99. The van der Waals surface area contributed by atoms with Crippen molar-refractivity contribution >= 4 is 54.2 Å². The van der Waals surface area contributed by atoms with Gasteiger partial charge in [0, 0.05) is 22.7 Å². The van der Waals surface area contributed by atoms with E-state index in [-0.39, 0.29) is 0 Å². The fraction of sp³-hybridized carbons (Fsp3) is 0.182. The van der Waals surface area contributed by atoms with Crippen molar-refractivity contribution in [3.8, 4) is 0 Å². The Labute approximate surface area is 292 Å². The van der Waals surface area contributed by atoms with Crippen molar-refractivity contribution in [2.24, 2.45) is 0 Å². The monoisotopic (exact) mass is 656 g/mol. The van der Waals surface area contributed by atoms with Crippen molar-refractivity contribution in [3.63, 3.8) is 0 Å². The molecule has 0 radical (unpaired) electrons. The lowest BCUT2D eigenvalue weighted by Crippen LogP contribution is -2.76. The molecule has 6 aromatic rings. The van der Waals surface area contributed by atoms with Crippen molar-refractivity contribution in [3.05, 3.63) is 166 Å². The van der Waals surface area contributed by atoms with Crippen LogP contribution in [0, 0.1) is 55.4 Å². The van der Waals surface area contributed by atoms with E-state index in [4.69, 9.17) is 0 Å². The maximum Gasteiger partial charge on any atom is 0.521 e. The Bertz CT molecular complexity index is 1950. The summed E-state index contributed by atoms with van der Waals surface area (Å²) in [5.41, 5.74) is 19.9. The predicted octanol–water partition coefficient (Wildman–Crippen LogP) is 11.9. The summed E-state index contributed by atoms with van der Waals surface area (Å²) in [6.07, 6.45) is 0. The van der Waals surface area contributed by atoms with Crippen molar-refractivity contribution in [1.82, 2.24) is 0 Å². The van der Waals surface area contributed by atoms with E-state index in [0.29, 0.717) is 0 Å². The number of anilines is 8. The van der Waals surface area contributed by atoms with Gasteiger partial charge in [-0.05, 0) is 173 Å². The van der Waals surface area contributed by atoms with Crippen LogP contribution in [0.15, 0.2) is 121 Å². The van der Waals surface area contributed by atoms with Gasteiger partial charge in [0.25, 0.3) is 0 Å². The lowest BCUT2D eigenvalue weighted by Gasteiger charge is -2.49. The number of hydrogen-bond donors (Lipinski definition) is 0. The molecule has 0 saturated heterocycles. The predicted molar refractivity (Wildman–Crippen MR) is 211 cm³/mol. The Morgan fingerprint density at radius 2 is 0.531 bits per heavy atom. The Hall–Kier alpha value is -5.26. The first-order chi connectivity index (χ1) is 23.6. The molecule has 49 heavy (non-hydrogen) atoms. The molecule has 2 aliphatic rings. The molecule has 0 atom stereocenters. The molecule has 0 saturated carbocycles. The van der Waals surface area contributed by atoms with Crippen molar-refractivity contribution in [2.45, 2.75) is 55.4 Å². The molecule has 2 heterocycles. The van der Waals surface area contributed by atoms with E-state index in [1.54, 1.807) is 0 Å². The summed E-state index contributed by atoms with van der Waals surface area (Å²) in [5, 5.41) is 0. The first-order valence-electron chi connectivity index (χ1n) is 17.3. The number of rotatable bonds is 4. The van der Waals surface area contributed by atoms with Crippen LogP contribution in [0.3, 0.4) is 0 Å². The summed E-state index contributed by atoms with van der Waals surface area (Å²) in [4.78, 5) is 0. The lowest BCUT2D eigenvalue weighted by atomic mass is 10.1. The second kappa shape index (κ2) is 11.4. The van der Waals surface area contributed by atoms with Gasteiger partial charge in [-0.25, -0.2) is 0 Å². The second-order valence-corrected chi connectivity index (χ2v) is 17.1. The number of nitrogens with zero attached hydrogens (tertiary/aromatic N) is 4. The first-order valence-corrected chi connectivity index (χ1v) is 19.1. The van der Waals surface area contributed by atoms with Gasteiger partial charge in [0.2, 0.25) is 0 Å². The topological polar surface area (TPSA) is 13.0 Å². The molecule has 244 valence electrons. The van der Waals surface area contributed by atoms with Crippen molar-refractivity contribution in [2.75, 3.05) is 18.3 Å². The number of benzene rings is 6. The Morgan fingerprint density at radius 3 is 0.735 bits per heavy atom. The molecular formula is C44H44N4Si. The van der Waals surface area contributed by atoms with Gasteiger partial charge in [0.05, 0.1) is 22.7 Å². The van der Waals surface area contributed by atoms with Gasteiger partial charge in [-0.3, -0.25) is 0 Å². The summed E-state index contributed by atoms with van der Waals surface area (Å²) in [6, 6.07) is 46.1. The van der Waals surface area contributed by atoms with Crippen molar-refractivity contribution < 1.29 is 0 Å². The lowest BCUT2D eigenvalue weighted by molar-refractivity contribution is 1.17. The van der Waals surface area contributed by atoms with E-state index in [0.717, 1.165) is 0 Å². The molecule has 8 rings (SSSR count). The van der Waals surface area contributed by atoms with Crippen LogP contribution < -0.4 is 18.3 Å². The average Bonchev–Trinajstić information content (AvgIpc) is 3.49. The molecule has 0 aliphatic carbocycles. The zero-order chi connectivity index (χ0) is 34.2. The Morgan fingerprint density at radius 1 is 0.306 bits per heavy atom. The standard InChI is InChI=1S/C44H44N4Si/c1-29-13-9-17-37(21-29)45-41-25-33(5)34(6)26-42(41)46(38-18-10-14-30(2)22-38)49(45)47(39-19-11-15-31(3)23-39)43-27-35(7)36(8)28-44(43)48(49)40-20-12-16-32(4)24-40/h9-28H,1-8H3. The van der Waals surface area contributed by atoms with E-state index in [9.17, 15) is 0 Å². The molecule has 0 amide bonds. The minimum Gasteiger partial charge on any atom is -0.314 e. The fourth-order valence-corrected chi connectivity index (χ4v) is 13.0. The highest BCUT2D eigenvalue weighted by Gasteiger charge is 2.70. The maximum absolute atomic E-state index is 3.41. The Kier molecular flexibility index (Phi) is 7.23. The molecule has 1 spiro atoms. The van der Waals surface area contributed by atoms with Crippen LogP contribution in [-0.2, 0) is 0 Å². The van der Waals surface area contributed by atoms with Crippen LogP contribution in [-0.4, -0.2) is 8.72 Å². The van der Waals surface area contributed by atoms with Crippen LogP contribution in [0.1, 0.15) is 44.5 Å². The van der Waals surface area contributed by atoms with Gasteiger partial charge in [-0.15, -0.1) is 0 Å². The van der Waals surface area contributed by atoms with Crippen molar-refractivity contribution in [1.29, 1.82) is 0 Å². The number of fused-ring (bicyclic) bond motifs is 2. The maximum atomic E-state index is 2.74. The van der Waals surface area contributed by atoms with E-state index in [2.05, 4.69) is 195 Å². The van der Waals surface area contributed by atoms with Crippen LogP contribution in [0.5, 0.6) is 0 Å². The van der Waals surface area contributed by atoms with Crippen LogP contribution in [0.25, 0.3) is 0 Å². The molecule has 0 fully saturated rings. The molecule has 0 unspecified atom stereocenters. The van der Waals surface area contributed by atoms with Gasteiger partial charge < -0.3 is 18.3 Å². The van der Waals surface area contributed by atoms with E-state index in [1.165, 1.54) is 90.0 Å². The third kappa shape index (κ3) is 4.71. The highest BCUT2D eigenvalue weighted by Crippen LogP contribution is 2.62.